The van der Waals surface area contributed by atoms with Gasteiger partial charge in [-0.05, 0) is 42.5 Å². The molecule has 2 rings (SSSR count). The maximum Gasteiger partial charge on any atom is 0.119 e. The molecule has 0 saturated carbocycles. The van der Waals surface area contributed by atoms with E-state index in [0.717, 1.165) is 37.2 Å². The molecule has 1 aliphatic carbocycles. The van der Waals surface area contributed by atoms with Crippen LogP contribution >= 0.6 is 0 Å². The van der Waals surface area contributed by atoms with Crippen molar-refractivity contribution in [3.63, 3.8) is 0 Å². The van der Waals surface area contributed by atoms with Crippen LogP contribution in [0.4, 0.5) is 0 Å². The largest absolute Gasteiger partial charge is 0.494 e. The van der Waals surface area contributed by atoms with Gasteiger partial charge in [-0.1, -0.05) is 25.8 Å². The van der Waals surface area contributed by atoms with E-state index in [1.165, 1.54) is 18.4 Å². The second kappa shape index (κ2) is 5.35. The van der Waals surface area contributed by atoms with E-state index in [9.17, 15) is 5.11 Å². The highest BCUT2D eigenvalue weighted by Gasteiger charge is 2.20. The number of hydrogen-bond donors (Lipinski definition) is 1. The van der Waals surface area contributed by atoms with E-state index in [1.807, 2.05) is 12.1 Å². The van der Waals surface area contributed by atoms with E-state index in [2.05, 4.69) is 13.0 Å². The van der Waals surface area contributed by atoms with E-state index < -0.39 is 0 Å². The van der Waals surface area contributed by atoms with E-state index in [1.54, 1.807) is 0 Å². The van der Waals surface area contributed by atoms with E-state index >= 15 is 0 Å². The van der Waals surface area contributed by atoms with Gasteiger partial charge in [0.05, 0.1) is 12.7 Å². The number of aliphatic hydroxyl groups is 1. The molecular weight excluding hydrogens is 200 g/mol. The van der Waals surface area contributed by atoms with Crippen LogP contribution in [-0.4, -0.2) is 11.7 Å². The first-order valence-corrected chi connectivity index (χ1v) is 6.25. The zero-order valence-electron chi connectivity index (χ0n) is 9.91. The van der Waals surface area contributed by atoms with Crippen LogP contribution in [0.5, 0.6) is 5.75 Å². The van der Waals surface area contributed by atoms with Gasteiger partial charge in [0.2, 0.25) is 0 Å². The molecular formula is C14H20O2. The van der Waals surface area contributed by atoms with Gasteiger partial charge in [0.1, 0.15) is 5.75 Å². The van der Waals surface area contributed by atoms with Crippen molar-refractivity contribution in [2.45, 2.75) is 45.1 Å². The Balaban J connectivity index is 1.92. The minimum Gasteiger partial charge on any atom is -0.494 e. The molecule has 2 nitrogen and oxygen atoms in total. The van der Waals surface area contributed by atoms with Gasteiger partial charge in [-0.25, -0.2) is 0 Å². The lowest BCUT2D eigenvalue weighted by Crippen LogP contribution is -1.98. The standard InChI is InChI=1S/C14H20O2/c1-2-3-4-9-16-12-6-7-13-11(10-12)5-8-14(13)15/h6-7,10,14-15H,2-5,8-9H2,1H3/t14-/m0/s1. The van der Waals surface area contributed by atoms with Gasteiger partial charge in [-0.15, -0.1) is 0 Å². The fraction of sp³-hybridized carbons (Fsp3) is 0.571. The fourth-order valence-electron chi connectivity index (χ4n) is 2.20. The van der Waals surface area contributed by atoms with Crippen molar-refractivity contribution >= 4 is 0 Å². The summed E-state index contributed by atoms with van der Waals surface area (Å²) in [7, 11) is 0. The average Bonchev–Trinajstić information content (AvgIpc) is 2.66. The SMILES string of the molecule is CCCCCOc1ccc2c(c1)CC[C@@H]2O. The molecule has 0 aromatic heterocycles. The van der Waals surface area contributed by atoms with Gasteiger partial charge >= 0.3 is 0 Å². The van der Waals surface area contributed by atoms with Gasteiger partial charge in [0.15, 0.2) is 0 Å². The lowest BCUT2D eigenvalue weighted by atomic mass is 10.1. The van der Waals surface area contributed by atoms with Crippen LogP contribution in [-0.2, 0) is 6.42 Å². The van der Waals surface area contributed by atoms with Crippen molar-refractivity contribution in [3.8, 4) is 5.75 Å². The Morgan fingerprint density at radius 1 is 1.38 bits per heavy atom. The van der Waals surface area contributed by atoms with Crippen molar-refractivity contribution in [1.82, 2.24) is 0 Å². The minimum absolute atomic E-state index is 0.260. The van der Waals surface area contributed by atoms with Crippen molar-refractivity contribution in [3.05, 3.63) is 29.3 Å². The number of aryl methyl sites for hydroxylation is 1. The number of unbranched alkanes of at least 4 members (excludes halogenated alkanes) is 2. The molecule has 0 amide bonds. The second-order valence-electron chi connectivity index (χ2n) is 4.47. The van der Waals surface area contributed by atoms with Crippen LogP contribution in [0.3, 0.4) is 0 Å². The molecule has 0 radical (unpaired) electrons. The zero-order chi connectivity index (χ0) is 11.4. The highest BCUT2D eigenvalue weighted by atomic mass is 16.5. The Hall–Kier alpha value is -1.02. The van der Waals surface area contributed by atoms with Gasteiger partial charge < -0.3 is 9.84 Å². The maximum atomic E-state index is 9.68. The smallest absolute Gasteiger partial charge is 0.119 e. The normalized spacial score (nSPS) is 18.5. The fourth-order valence-corrected chi connectivity index (χ4v) is 2.20. The van der Waals surface area contributed by atoms with Crippen LogP contribution in [0.2, 0.25) is 0 Å². The number of benzene rings is 1. The first kappa shape index (κ1) is 11.5. The molecule has 1 aromatic rings. The molecule has 0 spiro atoms. The molecule has 1 aromatic carbocycles. The Morgan fingerprint density at radius 2 is 2.25 bits per heavy atom. The van der Waals surface area contributed by atoms with Crippen LogP contribution in [0.1, 0.15) is 49.8 Å². The highest BCUT2D eigenvalue weighted by Crippen LogP contribution is 2.33. The predicted molar refractivity (Wildman–Crippen MR) is 64.7 cm³/mol. The third kappa shape index (κ3) is 2.56. The van der Waals surface area contributed by atoms with E-state index in [-0.39, 0.29) is 6.10 Å². The van der Waals surface area contributed by atoms with Crippen LogP contribution in [0.25, 0.3) is 0 Å². The first-order valence-electron chi connectivity index (χ1n) is 6.25. The maximum absolute atomic E-state index is 9.68. The molecule has 0 bridgehead atoms. The number of ether oxygens (including phenoxy) is 1. The lowest BCUT2D eigenvalue weighted by Gasteiger charge is -2.08. The Kier molecular flexibility index (Phi) is 3.83. The molecule has 0 unspecified atom stereocenters. The molecule has 16 heavy (non-hydrogen) atoms. The van der Waals surface area contributed by atoms with Gasteiger partial charge in [0, 0.05) is 0 Å². The summed E-state index contributed by atoms with van der Waals surface area (Å²) in [5.41, 5.74) is 2.33. The summed E-state index contributed by atoms with van der Waals surface area (Å²) in [4.78, 5) is 0. The molecule has 0 fully saturated rings. The highest BCUT2D eigenvalue weighted by molar-refractivity contribution is 5.39. The first-order chi connectivity index (χ1) is 7.81. The van der Waals surface area contributed by atoms with Gasteiger partial charge in [-0.3, -0.25) is 0 Å². The quantitative estimate of drug-likeness (QED) is 0.772. The molecule has 0 heterocycles. The Bertz CT molecular complexity index is 347. The van der Waals surface area contributed by atoms with E-state index in [4.69, 9.17) is 4.74 Å². The molecule has 1 aliphatic rings. The molecule has 0 saturated heterocycles. The molecule has 2 heteroatoms. The summed E-state index contributed by atoms with van der Waals surface area (Å²) in [5, 5.41) is 9.68. The average molecular weight is 220 g/mol. The lowest BCUT2D eigenvalue weighted by molar-refractivity contribution is 0.180. The van der Waals surface area contributed by atoms with E-state index in [0.29, 0.717) is 0 Å². The Labute approximate surface area is 97.3 Å². The Morgan fingerprint density at radius 3 is 3.06 bits per heavy atom. The van der Waals surface area contributed by atoms with Crippen LogP contribution in [0.15, 0.2) is 18.2 Å². The van der Waals surface area contributed by atoms with Crippen molar-refractivity contribution in [2.75, 3.05) is 6.61 Å². The summed E-state index contributed by atoms with van der Waals surface area (Å²) < 4.78 is 5.69. The number of hydrogen-bond acceptors (Lipinski definition) is 2. The van der Waals surface area contributed by atoms with Gasteiger partial charge in [0.25, 0.3) is 0 Å². The van der Waals surface area contributed by atoms with Crippen LogP contribution < -0.4 is 4.74 Å². The summed E-state index contributed by atoms with van der Waals surface area (Å²) in [5.74, 6) is 0.948. The number of fused-ring (bicyclic) bond motifs is 1. The summed E-state index contributed by atoms with van der Waals surface area (Å²) in [6, 6.07) is 6.05. The molecule has 0 aliphatic heterocycles. The summed E-state index contributed by atoms with van der Waals surface area (Å²) in [6.07, 6.45) is 5.14. The van der Waals surface area contributed by atoms with Crippen LogP contribution in [0, 0.1) is 0 Å². The molecule has 1 atom stereocenters. The minimum atomic E-state index is -0.260. The summed E-state index contributed by atoms with van der Waals surface area (Å²) in [6.45, 7) is 2.99. The third-order valence-corrected chi connectivity index (χ3v) is 3.18. The molecule has 1 N–H and O–H groups in total. The third-order valence-electron chi connectivity index (χ3n) is 3.18. The van der Waals surface area contributed by atoms with Crippen molar-refractivity contribution in [2.24, 2.45) is 0 Å². The zero-order valence-corrected chi connectivity index (χ0v) is 9.91. The monoisotopic (exact) mass is 220 g/mol. The number of rotatable bonds is 5. The van der Waals surface area contributed by atoms with Gasteiger partial charge in [-0.2, -0.15) is 0 Å². The summed E-state index contributed by atoms with van der Waals surface area (Å²) >= 11 is 0. The topological polar surface area (TPSA) is 29.5 Å². The predicted octanol–water partition coefficient (Wildman–Crippen LogP) is 3.24. The van der Waals surface area contributed by atoms with Crippen molar-refractivity contribution < 1.29 is 9.84 Å². The van der Waals surface area contributed by atoms with Crippen molar-refractivity contribution in [1.29, 1.82) is 0 Å². The molecule has 88 valence electrons. The number of aliphatic hydroxyl groups excluding tert-OH is 1. The second-order valence-corrected chi connectivity index (χ2v) is 4.47.